The number of nitrogens with one attached hydrogen (secondary N) is 1. The van der Waals surface area contributed by atoms with Crippen LogP contribution in [0.5, 0.6) is 5.88 Å². The quantitative estimate of drug-likeness (QED) is 0.273. The van der Waals surface area contributed by atoms with Crippen LogP contribution in [0.3, 0.4) is 0 Å². The third-order valence-electron chi connectivity index (χ3n) is 7.00. The summed E-state index contributed by atoms with van der Waals surface area (Å²) in [7, 11) is 0. The molecule has 192 valence electrons. The van der Waals surface area contributed by atoms with Gasteiger partial charge in [-0.15, -0.1) is 0 Å². The van der Waals surface area contributed by atoms with Crippen molar-refractivity contribution in [2.45, 2.75) is 45.8 Å². The zero-order valence-corrected chi connectivity index (χ0v) is 21.1. The molecular formula is C28H27N7O3. The van der Waals surface area contributed by atoms with Gasteiger partial charge in [0, 0.05) is 36.6 Å². The summed E-state index contributed by atoms with van der Waals surface area (Å²) in [6, 6.07) is 9.68. The molecule has 5 aromatic rings. The standard InChI is InChI=1S/C28H27N7O3/c1-15-9-21-20(7-8-30-26(21)29)16(2)22(15)11-31-23-10-25(34-27(33-23)28(36)37)38-14-19-13-35-12-18(17-3-4-17)5-6-24(35)32-19/h5-10,12-13,17H,3-4,11,14H2,1-2H3,(H2,29,30)(H,36,37)(H,31,33,34). The molecule has 0 bridgehead atoms. The number of ether oxygens (including phenoxy) is 1. The lowest BCUT2D eigenvalue weighted by molar-refractivity contribution is 0.0682. The van der Waals surface area contributed by atoms with E-state index in [9.17, 15) is 9.90 Å². The number of carboxylic acids is 1. The predicted molar refractivity (Wildman–Crippen MR) is 143 cm³/mol. The first-order valence-electron chi connectivity index (χ1n) is 12.5. The van der Waals surface area contributed by atoms with Crippen LogP contribution in [0.4, 0.5) is 11.6 Å². The molecule has 0 saturated heterocycles. The van der Waals surface area contributed by atoms with Gasteiger partial charge in [0.25, 0.3) is 0 Å². The van der Waals surface area contributed by atoms with Crippen molar-refractivity contribution in [3.05, 3.63) is 82.7 Å². The van der Waals surface area contributed by atoms with Gasteiger partial charge in [-0.3, -0.25) is 0 Å². The van der Waals surface area contributed by atoms with Crippen LogP contribution < -0.4 is 15.8 Å². The van der Waals surface area contributed by atoms with Crippen LogP contribution in [0.15, 0.2) is 48.9 Å². The van der Waals surface area contributed by atoms with Crippen molar-refractivity contribution in [3.8, 4) is 5.88 Å². The van der Waals surface area contributed by atoms with Gasteiger partial charge in [-0.2, -0.15) is 4.98 Å². The number of aromatic nitrogens is 5. The fourth-order valence-corrected chi connectivity index (χ4v) is 4.80. The number of nitrogens with zero attached hydrogens (tertiary/aromatic N) is 5. The Labute approximate surface area is 218 Å². The average Bonchev–Trinajstić information content (AvgIpc) is 3.67. The van der Waals surface area contributed by atoms with Crippen molar-refractivity contribution < 1.29 is 14.6 Å². The Hall–Kier alpha value is -4.73. The molecule has 0 radical (unpaired) electrons. The number of hydrogen-bond acceptors (Lipinski definition) is 8. The summed E-state index contributed by atoms with van der Waals surface area (Å²) in [6.07, 6.45) is 8.20. The largest absolute Gasteiger partial charge is 0.475 e. The van der Waals surface area contributed by atoms with Crippen LogP contribution >= 0.6 is 0 Å². The number of anilines is 2. The van der Waals surface area contributed by atoms with E-state index in [4.69, 9.17) is 10.5 Å². The van der Waals surface area contributed by atoms with Crippen molar-refractivity contribution in [1.29, 1.82) is 0 Å². The summed E-state index contributed by atoms with van der Waals surface area (Å²) in [5.74, 6) is 0.0665. The van der Waals surface area contributed by atoms with Gasteiger partial charge < -0.3 is 25.3 Å². The molecule has 0 aliphatic heterocycles. The number of carboxylic acid groups (broad SMARTS) is 1. The van der Waals surface area contributed by atoms with Crippen LogP contribution in [0, 0.1) is 13.8 Å². The number of benzene rings is 1. The number of fused-ring (bicyclic) bond motifs is 2. The minimum absolute atomic E-state index is 0.147. The maximum Gasteiger partial charge on any atom is 0.374 e. The highest BCUT2D eigenvalue weighted by atomic mass is 16.5. The number of rotatable bonds is 8. The number of carbonyl (C=O) groups is 1. The number of aryl methyl sites for hydroxylation is 2. The molecule has 4 N–H and O–H groups in total. The predicted octanol–water partition coefficient (Wildman–Crippen LogP) is 4.64. The van der Waals surface area contributed by atoms with Gasteiger partial charge in [-0.25, -0.2) is 19.7 Å². The first kappa shape index (κ1) is 23.7. The van der Waals surface area contributed by atoms with Gasteiger partial charge >= 0.3 is 5.97 Å². The molecule has 1 aromatic carbocycles. The summed E-state index contributed by atoms with van der Waals surface area (Å²) >= 11 is 0. The second-order valence-corrected chi connectivity index (χ2v) is 9.69. The molecule has 0 atom stereocenters. The topological polar surface area (TPSA) is 141 Å². The Kier molecular flexibility index (Phi) is 5.79. The zero-order chi connectivity index (χ0) is 26.4. The number of nitrogen functional groups attached to an aromatic ring is 1. The van der Waals surface area contributed by atoms with Crippen LogP contribution in [0.25, 0.3) is 16.4 Å². The van der Waals surface area contributed by atoms with E-state index >= 15 is 0 Å². The van der Waals surface area contributed by atoms with E-state index in [1.807, 2.05) is 42.6 Å². The van der Waals surface area contributed by atoms with E-state index in [0.717, 1.165) is 38.8 Å². The summed E-state index contributed by atoms with van der Waals surface area (Å²) in [5.41, 5.74) is 12.1. The Balaban J connectivity index is 1.22. The maximum atomic E-state index is 11.7. The smallest absolute Gasteiger partial charge is 0.374 e. The average molecular weight is 510 g/mol. The Morgan fingerprint density at radius 3 is 2.76 bits per heavy atom. The van der Waals surface area contributed by atoms with Gasteiger partial charge in [0.1, 0.15) is 23.9 Å². The molecule has 6 rings (SSSR count). The lowest BCUT2D eigenvalue weighted by atomic mass is 9.96. The van der Waals surface area contributed by atoms with E-state index in [-0.39, 0.29) is 18.3 Å². The van der Waals surface area contributed by atoms with Crippen molar-refractivity contribution >= 4 is 34.0 Å². The zero-order valence-electron chi connectivity index (χ0n) is 21.1. The van der Waals surface area contributed by atoms with Crippen molar-refractivity contribution in [2.24, 2.45) is 0 Å². The second-order valence-electron chi connectivity index (χ2n) is 9.69. The molecular weight excluding hydrogens is 482 g/mol. The number of nitrogens with two attached hydrogens (primary N) is 1. The van der Waals surface area contributed by atoms with E-state index in [0.29, 0.717) is 24.1 Å². The number of pyridine rings is 2. The van der Waals surface area contributed by atoms with E-state index in [1.54, 1.807) is 12.3 Å². The van der Waals surface area contributed by atoms with Gasteiger partial charge in [0.05, 0.1) is 5.69 Å². The minimum Gasteiger partial charge on any atom is -0.475 e. The summed E-state index contributed by atoms with van der Waals surface area (Å²) in [4.78, 5) is 28.7. The van der Waals surface area contributed by atoms with Crippen molar-refractivity contribution in [3.63, 3.8) is 0 Å². The number of imidazole rings is 1. The lowest BCUT2D eigenvalue weighted by Crippen LogP contribution is -2.11. The third kappa shape index (κ3) is 4.56. The molecule has 0 unspecified atom stereocenters. The molecule has 1 aliphatic rings. The van der Waals surface area contributed by atoms with Crippen LogP contribution in [-0.4, -0.2) is 35.4 Å². The summed E-state index contributed by atoms with van der Waals surface area (Å²) < 4.78 is 7.86. The molecule has 1 aliphatic carbocycles. The first-order valence-corrected chi connectivity index (χ1v) is 12.5. The van der Waals surface area contributed by atoms with Crippen LogP contribution in [-0.2, 0) is 13.2 Å². The molecule has 10 heteroatoms. The normalized spacial score (nSPS) is 13.2. The first-order chi connectivity index (χ1) is 18.4. The van der Waals surface area contributed by atoms with Gasteiger partial charge in [0.15, 0.2) is 0 Å². The summed E-state index contributed by atoms with van der Waals surface area (Å²) in [6.45, 7) is 4.62. The van der Waals surface area contributed by atoms with Gasteiger partial charge in [-0.05, 0) is 78.4 Å². The molecule has 10 nitrogen and oxygen atoms in total. The molecule has 4 heterocycles. The number of aromatic carboxylic acids is 1. The second kappa shape index (κ2) is 9.29. The molecule has 0 amide bonds. The highest BCUT2D eigenvalue weighted by molar-refractivity contribution is 5.94. The Bertz CT molecular complexity index is 1710. The molecule has 38 heavy (non-hydrogen) atoms. The lowest BCUT2D eigenvalue weighted by Gasteiger charge is -2.15. The van der Waals surface area contributed by atoms with Crippen LogP contribution in [0.2, 0.25) is 0 Å². The fraction of sp³-hybridized carbons (Fsp3) is 0.250. The number of hydrogen-bond donors (Lipinski definition) is 3. The molecule has 1 fully saturated rings. The van der Waals surface area contributed by atoms with Gasteiger partial charge in [-0.1, -0.05) is 6.07 Å². The Morgan fingerprint density at radius 2 is 1.97 bits per heavy atom. The third-order valence-corrected chi connectivity index (χ3v) is 7.00. The maximum absolute atomic E-state index is 11.7. The molecule has 4 aromatic heterocycles. The minimum atomic E-state index is -1.24. The van der Waals surface area contributed by atoms with E-state index < -0.39 is 5.97 Å². The Morgan fingerprint density at radius 1 is 1.13 bits per heavy atom. The van der Waals surface area contributed by atoms with Crippen molar-refractivity contribution in [1.82, 2.24) is 24.3 Å². The molecule has 1 saturated carbocycles. The highest BCUT2D eigenvalue weighted by Crippen LogP contribution is 2.39. The monoisotopic (exact) mass is 509 g/mol. The molecule has 0 spiro atoms. The highest BCUT2D eigenvalue weighted by Gasteiger charge is 2.24. The SMILES string of the molecule is Cc1cc2c(N)nccc2c(C)c1CNc1cc(OCc2cn3cc(C4CC4)ccc3n2)nc(C(=O)O)n1. The van der Waals surface area contributed by atoms with Crippen molar-refractivity contribution in [2.75, 3.05) is 11.1 Å². The van der Waals surface area contributed by atoms with Gasteiger partial charge in [0.2, 0.25) is 11.7 Å². The van der Waals surface area contributed by atoms with E-state index in [2.05, 4.69) is 37.5 Å². The summed E-state index contributed by atoms with van der Waals surface area (Å²) in [5, 5.41) is 14.7. The van der Waals surface area contributed by atoms with E-state index in [1.165, 1.54) is 18.4 Å². The fourth-order valence-electron chi connectivity index (χ4n) is 4.80. The van der Waals surface area contributed by atoms with Crippen LogP contribution in [0.1, 0.15) is 57.3 Å².